The van der Waals surface area contributed by atoms with Gasteiger partial charge in [0, 0.05) is 6.20 Å². The fraction of sp³-hybridized carbons (Fsp3) is 0.174. The molecule has 29 heavy (non-hydrogen) atoms. The van der Waals surface area contributed by atoms with Crippen LogP contribution in [0.2, 0.25) is 0 Å². The van der Waals surface area contributed by atoms with E-state index in [4.69, 9.17) is 0 Å². The molecule has 0 saturated carbocycles. The van der Waals surface area contributed by atoms with Gasteiger partial charge in [-0.25, -0.2) is 9.88 Å². The number of aromatic nitrogens is 1. The maximum Gasteiger partial charge on any atom is 0.241 e. The number of carbonyl (C=O) groups is 2. The number of rotatable bonds is 1. The Hall–Kier alpha value is -2.31. The van der Waals surface area contributed by atoms with Gasteiger partial charge in [0.15, 0.2) is 0 Å². The van der Waals surface area contributed by atoms with Gasteiger partial charge in [-0.3, -0.25) is 9.59 Å². The summed E-state index contributed by atoms with van der Waals surface area (Å²) in [5.41, 5.74) is 4.11. The van der Waals surface area contributed by atoms with E-state index in [0.717, 1.165) is 22.3 Å². The second-order valence-corrected chi connectivity index (χ2v) is 10.2. The molecule has 142 valence electrons. The molecule has 2 aromatic carbocycles. The van der Waals surface area contributed by atoms with E-state index in [1.165, 1.54) is 4.90 Å². The molecule has 4 aliphatic rings. The number of anilines is 1. The van der Waals surface area contributed by atoms with Gasteiger partial charge < -0.3 is 0 Å². The van der Waals surface area contributed by atoms with Crippen molar-refractivity contribution in [3.63, 3.8) is 0 Å². The van der Waals surface area contributed by atoms with Gasteiger partial charge >= 0.3 is 0 Å². The van der Waals surface area contributed by atoms with Gasteiger partial charge in [0.25, 0.3) is 0 Å². The Balaban J connectivity index is 1.69. The second-order valence-electron chi connectivity index (χ2n) is 7.67. The number of alkyl halides is 2. The maximum absolute atomic E-state index is 13.7. The molecular weight excluding hydrogens is 496 g/mol. The highest BCUT2D eigenvalue weighted by Crippen LogP contribution is 2.70. The average molecular weight is 510 g/mol. The Morgan fingerprint density at radius 3 is 1.48 bits per heavy atom. The number of carbonyl (C=O) groups excluding carboxylic acids is 2. The predicted octanol–water partition coefficient (Wildman–Crippen LogP) is 4.49. The molecule has 7 rings (SSSR count). The summed E-state index contributed by atoms with van der Waals surface area (Å²) >= 11 is 7.98. The lowest BCUT2D eigenvalue weighted by molar-refractivity contribution is -0.122. The SMILES string of the molecule is O=C1C2[C@@H](C(=O)N1c1ccccn1)C1(Br)c3ccccc3C2(Br)c2ccccc21. The molecule has 0 N–H and O–H groups in total. The van der Waals surface area contributed by atoms with Gasteiger partial charge in [0.2, 0.25) is 11.8 Å². The van der Waals surface area contributed by atoms with Gasteiger partial charge in [-0.1, -0.05) is 86.5 Å². The van der Waals surface area contributed by atoms with Crippen molar-refractivity contribution in [1.29, 1.82) is 0 Å². The molecule has 1 fully saturated rings. The van der Waals surface area contributed by atoms with Gasteiger partial charge in [0.05, 0.1) is 20.5 Å². The second kappa shape index (κ2) is 5.64. The fourth-order valence-electron chi connectivity index (χ4n) is 5.38. The van der Waals surface area contributed by atoms with E-state index >= 15 is 0 Å². The Labute approximate surface area is 184 Å². The minimum atomic E-state index is -0.767. The van der Waals surface area contributed by atoms with Gasteiger partial charge in [-0.05, 0) is 34.4 Å². The summed E-state index contributed by atoms with van der Waals surface area (Å²) in [5.74, 6) is -1.20. The fourth-order valence-corrected chi connectivity index (χ4v) is 7.68. The summed E-state index contributed by atoms with van der Waals surface area (Å²) < 4.78 is -1.53. The molecule has 2 heterocycles. The van der Waals surface area contributed by atoms with E-state index in [9.17, 15) is 9.59 Å². The molecule has 1 aromatic heterocycles. The third-order valence-corrected chi connectivity index (χ3v) is 9.16. The van der Waals surface area contributed by atoms with Gasteiger partial charge in [-0.2, -0.15) is 0 Å². The zero-order chi connectivity index (χ0) is 20.0. The lowest BCUT2D eigenvalue weighted by Gasteiger charge is -2.55. The van der Waals surface area contributed by atoms with E-state index in [0.29, 0.717) is 5.82 Å². The Morgan fingerprint density at radius 2 is 1.10 bits per heavy atom. The lowest BCUT2D eigenvalue weighted by Crippen LogP contribution is -2.56. The van der Waals surface area contributed by atoms with Crippen molar-refractivity contribution >= 4 is 49.5 Å². The normalized spacial score (nSPS) is 31.4. The zero-order valence-electron chi connectivity index (χ0n) is 15.0. The van der Waals surface area contributed by atoms with Crippen LogP contribution in [0.1, 0.15) is 22.3 Å². The number of amides is 2. The van der Waals surface area contributed by atoms with Gasteiger partial charge in [0.1, 0.15) is 5.82 Å². The van der Waals surface area contributed by atoms with Crippen LogP contribution in [0.5, 0.6) is 0 Å². The van der Waals surface area contributed by atoms with Crippen molar-refractivity contribution in [3.8, 4) is 0 Å². The molecule has 0 radical (unpaired) electrons. The number of hydrogen-bond donors (Lipinski definition) is 0. The van der Waals surface area contributed by atoms with Gasteiger partial charge in [-0.15, -0.1) is 0 Å². The number of imide groups is 1. The summed E-state index contributed by atoms with van der Waals surface area (Å²) in [7, 11) is 0. The lowest BCUT2D eigenvalue weighted by atomic mass is 9.54. The summed E-state index contributed by atoms with van der Waals surface area (Å²) in [6.45, 7) is 0. The quantitative estimate of drug-likeness (QED) is 0.358. The van der Waals surface area contributed by atoms with Crippen molar-refractivity contribution < 1.29 is 9.59 Å². The molecule has 1 aliphatic heterocycles. The highest BCUT2D eigenvalue weighted by Gasteiger charge is 2.72. The van der Waals surface area contributed by atoms with Crippen molar-refractivity contribution in [1.82, 2.24) is 4.98 Å². The number of benzene rings is 2. The van der Waals surface area contributed by atoms with E-state index in [-0.39, 0.29) is 11.8 Å². The standard InChI is InChI=1S/C23H14Br2N2O2/c24-22-13-7-1-2-8-14(13)23(25,16-10-4-3-9-15(16)22)19-18(22)20(28)27(21(19)29)17-11-5-6-12-26-17/h1-12,18-19H/t18-,19?,22?,23?/m0/s1. The Morgan fingerprint density at radius 1 is 0.690 bits per heavy atom. The largest absolute Gasteiger partial charge is 0.274 e. The van der Waals surface area contributed by atoms with Crippen LogP contribution in [0.4, 0.5) is 5.82 Å². The number of hydrogen-bond acceptors (Lipinski definition) is 3. The monoisotopic (exact) mass is 508 g/mol. The molecule has 3 aromatic rings. The maximum atomic E-state index is 13.7. The first-order chi connectivity index (χ1) is 14.0. The number of nitrogens with zero attached hydrogens (tertiary/aromatic N) is 2. The van der Waals surface area contributed by atoms with Crippen LogP contribution in [0.3, 0.4) is 0 Å². The first kappa shape index (κ1) is 17.5. The molecule has 4 nitrogen and oxygen atoms in total. The molecule has 0 spiro atoms. The van der Waals surface area contributed by atoms with Crippen LogP contribution in [0, 0.1) is 11.8 Å². The zero-order valence-corrected chi connectivity index (χ0v) is 18.2. The Kier molecular flexibility index (Phi) is 3.41. The van der Waals surface area contributed by atoms with Crippen LogP contribution in [-0.4, -0.2) is 16.8 Å². The third-order valence-electron chi connectivity index (χ3n) is 6.46. The van der Waals surface area contributed by atoms with E-state index < -0.39 is 20.5 Å². The number of halogens is 2. The minimum absolute atomic E-state index is 0.219. The third kappa shape index (κ3) is 1.87. The molecule has 1 saturated heterocycles. The molecular formula is C23H14Br2N2O2. The summed E-state index contributed by atoms with van der Waals surface area (Å²) in [5, 5.41) is 0. The average Bonchev–Trinajstić information content (AvgIpc) is 3.04. The molecule has 6 heteroatoms. The van der Waals surface area contributed by atoms with Crippen LogP contribution < -0.4 is 4.90 Å². The Bertz CT molecular complexity index is 1090. The first-order valence-electron chi connectivity index (χ1n) is 9.37. The molecule has 2 amide bonds. The summed E-state index contributed by atoms with van der Waals surface area (Å²) in [6.07, 6.45) is 1.60. The molecule has 3 aliphatic carbocycles. The first-order valence-corrected chi connectivity index (χ1v) is 11.0. The smallest absolute Gasteiger partial charge is 0.241 e. The van der Waals surface area contributed by atoms with E-state index in [1.54, 1.807) is 24.4 Å². The van der Waals surface area contributed by atoms with Crippen LogP contribution in [-0.2, 0) is 18.2 Å². The molecule has 2 atom stereocenters. The van der Waals surface area contributed by atoms with Crippen molar-refractivity contribution in [2.24, 2.45) is 11.8 Å². The minimum Gasteiger partial charge on any atom is -0.274 e. The van der Waals surface area contributed by atoms with Crippen LogP contribution >= 0.6 is 31.9 Å². The molecule has 1 unspecified atom stereocenters. The van der Waals surface area contributed by atoms with Crippen molar-refractivity contribution in [3.05, 3.63) is 95.2 Å². The predicted molar refractivity (Wildman–Crippen MR) is 116 cm³/mol. The molecule has 2 bridgehead atoms. The summed E-state index contributed by atoms with van der Waals surface area (Å²) in [6, 6.07) is 21.4. The van der Waals surface area contributed by atoms with E-state index in [2.05, 4.69) is 36.8 Å². The highest BCUT2D eigenvalue weighted by molar-refractivity contribution is 9.10. The van der Waals surface area contributed by atoms with Crippen molar-refractivity contribution in [2.75, 3.05) is 4.90 Å². The van der Waals surface area contributed by atoms with Crippen LogP contribution in [0.25, 0.3) is 0 Å². The van der Waals surface area contributed by atoms with Crippen LogP contribution in [0.15, 0.2) is 72.9 Å². The number of pyridine rings is 1. The van der Waals surface area contributed by atoms with E-state index in [1.807, 2.05) is 48.5 Å². The topological polar surface area (TPSA) is 50.3 Å². The highest BCUT2D eigenvalue weighted by atomic mass is 79.9. The van der Waals surface area contributed by atoms with Crippen molar-refractivity contribution in [2.45, 2.75) is 8.65 Å². The summed E-state index contributed by atoms with van der Waals surface area (Å²) in [4.78, 5) is 33.0.